The summed E-state index contributed by atoms with van der Waals surface area (Å²) >= 11 is 0. The van der Waals surface area contributed by atoms with Gasteiger partial charge in [0.25, 0.3) is 5.91 Å². The van der Waals surface area contributed by atoms with Crippen molar-refractivity contribution >= 4 is 11.9 Å². The smallest absolute Gasteiger partial charge is 0.325 e. The first kappa shape index (κ1) is 27.6. The quantitative estimate of drug-likeness (QED) is 0.436. The monoisotopic (exact) mass is 519 g/mol. The minimum Gasteiger partial charge on any atom is -0.497 e. The van der Waals surface area contributed by atoms with Gasteiger partial charge >= 0.3 is 6.03 Å². The molecule has 2 heterocycles. The summed E-state index contributed by atoms with van der Waals surface area (Å²) < 4.78 is 11.3. The third-order valence-electron chi connectivity index (χ3n) is 8.07. The van der Waals surface area contributed by atoms with Gasteiger partial charge in [0, 0.05) is 48.4 Å². The number of allylic oxidation sites excluding steroid dienone is 1. The summed E-state index contributed by atoms with van der Waals surface area (Å²) in [7, 11) is 3.31. The summed E-state index contributed by atoms with van der Waals surface area (Å²) in [5, 5.41) is 0. The van der Waals surface area contributed by atoms with Gasteiger partial charge in [-0.3, -0.25) is 9.69 Å². The van der Waals surface area contributed by atoms with E-state index < -0.39 is 5.54 Å². The van der Waals surface area contributed by atoms with Crippen LogP contribution in [0.25, 0.3) is 0 Å². The Morgan fingerprint density at radius 1 is 1.08 bits per heavy atom. The number of nitrogens with zero attached hydrogens (tertiary/aromatic N) is 3. The second kappa shape index (κ2) is 10.7. The molecular weight excluding hydrogens is 478 g/mol. The Morgan fingerprint density at radius 2 is 1.76 bits per heavy atom. The maximum atomic E-state index is 13.8. The number of ether oxygens (including phenoxy) is 2. The molecule has 3 amide bonds. The summed E-state index contributed by atoms with van der Waals surface area (Å²) in [6, 6.07) is 9.88. The number of carbonyl (C=O) groups excluding carboxylic acids is 2. The number of amides is 3. The van der Waals surface area contributed by atoms with Crippen LogP contribution >= 0.6 is 0 Å². The molecule has 0 saturated carbocycles. The van der Waals surface area contributed by atoms with Gasteiger partial charge in [-0.05, 0) is 64.8 Å². The standard InChI is InChI=1S/C31H41N3O4/c1-9-32(29(35)23-14-20(3)13-21(4)15-23)12-11-31(6)27-16-22(5)28-24(17-25(37-7)18-26(28)38-8)19-33(27)30(36)34(31)10-2/h13-18,22H,9-12,19H2,1-8H3/t22-,31?/m0/s1. The third-order valence-corrected chi connectivity index (χ3v) is 8.07. The zero-order valence-electron chi connectivity index (χ0n) is 24.1. The van der Waals surface area contributed by atoms with Crippen molar-refractivity contribution in [2.24, 2.45) is 0 Å². The molecule has 2 aromatic rings. The van der Waals surface area contributed by atoms with E-state index in [0.29, 0.717) is 43.9 Å². The van der Waals surface area contributed by atoms with Crippen LogP contribution in [0, 0.1) is 13.8 Å². The Hall–Kier alpha value is -3.48. The van der Waals surface area contributed by atoms with Gasteiger partial charge < -0.3 is 19.3 Å². The van der Waals surface area contributed by atoms with Crippen molar-refractivity contribution in [3.8, 4) is 11.5 Å². The lowest BCUT2D eigenvalue weighted by Gasteiger charge is -2.36. The zero-order chi connectivity index (χ0) is 27.8. The van der Waals surface area contributed by atoms with Gasteiger partial charge in [-0.1, -0.05) is 30.2 Å². The van der Waals surface area contributed by atoms with Crippen molar-refractivity contribution in [3.05, 3.63) is 69.9 Å². The number of fused-ring (bicyclic) bond motifs is 2. The third kappa shape index (κ3) is 4.74. The molecule has 2 aliphatic heterocycles. The van der Waals surface area contributed by atoms with Gasteiger partial charge in [-0.25, -0.2) is 4.79 Å². The lowest BCUT2D eigenvalue weighted by Crippen LogP contribution is -2.46. The fourth-order valence-electron chi connectivity index (χ4n) is 6.18. The number of hydrogen-bond acceptors (Lipinski definition) is 4. The molecule has 2 aliphatic rings. The van der Waals surface area contributed by atoms with Crippen LogP contribution in [0.2, 0.25) is 0 Å². The second-order valence-corrected chi connectivity index (χ2v) is 10.6. The van der Waals surface area contributed by atoms with Crippen molar-refractivity contribution in [3.63, 3.8) is 0 Å². The molecule has 7 nitrogen and oxygen atoms in total. The Bertz CT molecular complexity index is 1250. The van der Waals surface area contributed by atoms with Crippen LogP contribution in [0.15, 0.2) is 42.1 Å². The molecule has 0 aliphatic carbocycles. The predicted molar refractivity (Wildman–Crippen MR) is 150 cm³/mol. The lowest BCUT2D eigenvalue weighted by molar-refractivity contribution is 0.0738. The second-order valence-electron chi connectivity index (χ2n) is 10.6. The van der Waals surface area contributed by atoms with Crippen molar-refractivity contribution < 1.29 is 19.1 Å². The van der Waals surface area contributed by atoms with E-state index in [1.54, 1.807) is 14.2 Å². The van der Waals surface area contributed by atoms with Crippen molar-refractivity contribution in [1.82, 2.24) is 14.7 Å². The molecule has 2 atom stereocenters. The van der Waals surface area contributed by atoms with Gasteiger partial charge in [0.05, 0.1) is 26.3 Å². The SMILES string of the molecule is CCN(CCC1(C)C2=C[C@H](C)c3c(cc(OC)cc3OC)CN2C(=O)N1CC)C(=O)c1cc(C)cc(C)c1. The first-order chi connectivity index (χ1) is 18.1. The van der Waals surface area contributed by atoms with E-state index in [1.807, 2.05) is 66.7 Å². The van der Waals surface area contributed by atoms with Gasteiger partial charge in [0.1, 0.15) is 11.5 Å². The number of carbonyl (C=O) groups is 2. The molecule has 1 fully saturated rings. The number of hydrogen-bond donors (Lipinski definition) is 0. The molecule has 0 radical (unpaired) electrons. The maximum absolute atomic E-state index is 13.8. The molecule has 38 heavy (non-hydrogen) atoms. The molecule has 204 valence electrons. The highest BCUT2D eigenvalue weighted by molar-refractivity contribution is 5.94. The molecule has 7 heteroatoms. The summed E-state index contributed by atoms with van der Waals surface area (Å²) in [6.07, 6.45) is 2.85. The molecule has 1 saturated heterocycles. The van der Waals surface area contributed by atoms with E-state index in [-0.39, 0.29) is 17.9 Å². The van der Waals surface area contributed by atoms with Gasteiger partial charge in [0.2, 0.25) is 0 Å². The van der Waals surface area contributed by atoms with Gasteiger partial charge in [0.15, 0.2) is 0 Å². The summed E-state index contributed by atoms with van der Waals surface area (Å²) in [4.78, 5) is 33.0. The number of benzene rings is 2. The van der Waals surface area contributed by atoms with Crippen molar-refractivity contribution in [2.45, 2.75) is 66.0 Å². The van der Waals surface area contributed by atoms with E-state index in [2.05, 4.69) is 26.0 Å². The molecule has 0 bridgehead atoms. The molecular formula is C31H41N3O4. The average molecular weight is 520 g/mol. The molecule has 0 spiro atoms. The van der Waals surface area contributed by atoms with Crippen molar-refractivity contribution in [2.75, 3.05) is 33.9 Å². The van der Waals surface area contributed by atoms with Gasteiger partial charge in [-0.2, -0.15) is 0 Å². The van der Waals surface area contributed by atoms with Crippen LogP contribution in [0.5, 0.6) is 11.5 Å². The van der Waals surface area contributed by atoms with Crippen LogP contribution in [-0.2, 0) is 6.54 Å². The number of methoxy groups -OCH3 is 2. The molecule has 1 unspecified atom stereocenters. The Morgan fingerprint density at radius 3 is 2.34 bits per heavy atom. The van der Waals surface area contributed by atoms with E-state index in [0.717, 1.165) is 33.7 Å². The van der Waals surface area contributed by atoms with E-state index >= 15 is 0 Å². The Balaban J connectivity index is 1.68. The maximum Gasteiger partial charge on any atom is 0.325 e. The largest absolute Gasteiger partial charge is 0.497 e. The van der Waals surface area contributed by atoms with E-state index in [1.165, 1.54) is 0 Å². The highest BCUT2D eigenvalue weighted by Gasteiger charge is 2.51. The van der Waals surface area contributed by atoms with Crippen LogP contribution in [0.1, 0.15) is 72.6 Å². The number of likely N-dealkylation sites (N-methyl/N-ethyl adjacent to an activating group) is 1. The lowest BCUT2D eigenvalue weighted by atomic mass is 9.88. The predicted octanol–water partition coefficient (Wildman–Crippen LogP) is 5.89. The molecule has 2 aromatic carbocycles. The van der Waals surface area contributed by atoms with E-state index in [9.17, 15) is 9.59 Å². The van der Waals surface area contributed by atoms with Crippen molar-refractivity contribution in [1.29, 1.82) is 0 Å². The molecule has 0 N–H and O–H groups in total. The minimum absolute atomic E-state index is 0.00762. The van der Waals surface area contributed by atoms with E-state index in [4.69, 9.17) is 9.47 Å². The normalized spacial score (nSPS) is 20.5. The fourth-order valence-corrected chi connectivity index (χ4v) is 6.18. The number of rotatable bonds is 8. The summed E-state index contributed by atoms with van der Waals surface area (Å²) in [5.41, 5.74) is 5.41. The number of urea groups is 1. The Labute approximate surface area is 227 Å². The molecule has 0 aromatic heterocycles. The van der Waals surface area contributed by atoms with Crippen LogP contribution in [0.4, 0.5) is 4.79 Å². The van der Waals surface area contributed by atoms with Crippen LogP contribution in [-0.4, -0.2) is 66.0 Å². The summed E-state index contributed by atoms with van der Waals surface area (Å²) in [6.45, 7) is 14.5. The van der Waals surface area contributed by atoms with Crippen LogP contribution < -0.4 is 9.47 Å². The van der Waals surface area contributed by atoms with Crippen LogP contribution in [0.3, 0.4) is 0 Å². The molecule has 4 rings (SSSR count). The first-order valence-corrected chi connectivity index (χ1v) is 13.5. The van der Waals surface area contributed by atoms with Gasteiger partial charge in [-0.15, -0.1) is 0 Å². The first-order valence-electron chi connectivity index (χ1n) is 13.5. The zero-order valence-corrected chi connectivity index (χ0v) is 24.1. The fraction of sp³-hybridized carbons (Fsp3) is 0.484. The highest BCUT2D eigenvalue weighted by Crippen LogP contribution is 2.46. The topological polar surface area (TPSA) is 62.3 Å². The summed E-state index contributed by atoms with van der Waals surface area (Å²) in [5.74, 6) is 1.54. The average Bonchev–Trinajstić information content (AvgIpc) is 2.98. The highest BCUT2D eigenvalue weighted by atomic mass is 16.5. The Kier molecular flexibility index (Phi) is 7.77. The minimum atomic E-state index is -0.546. The number of aryl methyl sites for hydroxylation is 2.